The second kappa shape index (κ2) is 12.0. The number of nitrogens with zero attached hydrogens (tertiary/aromatic N) is 3. The third-order valence-corrected chi connectivity index (χ3v) is 9.08. The topological polar surface area (TPSA) is 126 Å². The van der Waals surface area contributed by atoms with Crippen LogP contribution in [-0.2, 0) is 9.47 Å². The maximum Gasteiger partial charge on any atom is 0.0777 e. The summed E-state index contributed by atoms with van der Waals surface area (Å²) < 4.78 is 12.9. The zero-order chi connectivity index (χ0) is 27.8. The molecule has 9 nitrogen and oxygen atoms in total. The molecule has 0 aromatic carbocycles. The molecule has 0 radical (unpaired) electrons. The van der Waals surface area contributed by atoms with Crippen LogP contribution in [-0.4, -0.2) is 125 Å². The van der Waals surface area contributed by atoms with E-state index in [1.54, 1.807) is 0 Å². The number of ether oxygens (including phenoxy) is 2. The first-order chi connectivity index (χ1) is 17.0. The Morgan fingerprint density at radius 1 is 0.703 bits per heavy atom. The van der Waals surface area contributed by atoms with E-state index in [1.165, 1.54) is 0 Å². The van der Waals surface area contributed by atoms with Crippen molar-refractivity contribution in [1.82, 2.24) is 14.7 Å². The summed E-state index contributed by atoms with van der Waals surface area (Å²) in [5, 5.41) is 9.98. The van der Waals surface area contributed by atoms with Gasteiger partial charge in [0, 0.05) is 74.0 Å². The quantitative estimate of drug-likeness (QED) is 0.363. The van der Waals surface area contributed by atoms with Gasteiger partial charge >= 0.3 is 0 Å². The van der Waals surface area contributed by atoms with E-state index in [4.69, 9.17) is 26.7 Å². The van der Waals surface area contributed by atoms with Gasteiger partial charge in [0.25, 0.3) is 0 Å². The molecule has 3 saturated heterocycles. The summed E-state index contributed by atoms with van der Waals surface area (Å²) >= 11 is 0. The van der Waals surface area contributed by atoms with Crippen molar-refractivity contribution < 1.29 is 14.6 Å². The zero-order valence-corrected chi connectivity index (χ0v) is 24.9. The molecule has 0 aromatic rings. The Morgan fingerprint density at radius 3 is 1.73 bits per heavy atom. The number of rotatable bonds is 8. The highest BCUT2D eigenvalue weighted by Gasteiger charge is 2.41. The fraction of sp³-hybridized carbons (Fsp3) is 1.00. The van der Waals surface area contributed by atoms with Crippen molar-refractivity contribution in [2.24, 2.45) is 23.1 Å². The lowest BCUT2D eigenvalue weighted by atomic mass is 9.89. The van der Waals surface area contributed by atoms with Crippen LogP contribution in [0, 0.1) is 5.92 Å². The summed E-state index contributed by atoms with van der Waals surface area (Å²) in [6, 6.07) is -0.238. The molecule has 3 heterocycles. The van der Waals surface area contributed by atoms with Crippen LogP contribution in [0.1, 0.15) is 68.2 Å². The Bertz CT molecular complexity index is 717. The Labute approximate surface area is 226 Å². The molecule has 37 heavy (non-hydrogen) atoms. The Kier molecular flexibility index (Phi) is 10.1. The highest BCUT2D eigenvalue weighted by Crippen LogP contribution is 2.29. The van der Waals surface area contributed by atoms with Gasteiger partial charge < -0.3 is 31.8 Å². The van der Waals surface area contributed by atoms with Gasteiger partial charge in [-0.25, -0.2) is 0 Å². The number of piperidine rings is 3. The summed E-state index contributed by atoms with van der Waals surface area (Å²) in [6.07, 6.45) is 1.30. The molecule has 7 atom stereocenters. The molecule has 0 aliphatic carbocycles. The minimum Gasteiger partial charge on any atom is -0.391 e. The molecule has 3 fully saturated rings. The van der Waals surface area contributed by atoms with E-state index in [1.807, 2.05) is 0 Å². The largest absolute Gasteiger partial charge is 0.391 e. The van der Waals surface area contributed by atoms with Crippen LogP contribution in [0.5, 0.6) is 0 Å². The zero-order valence-electron chi connectivity index (χ0n) is 24.9. The third-order valence-electron chi connectivity index (χ3n) is 9.08. The molecule has 0 spiro atoms. The van der Waals surface area contributed by atoms with Crippen molar-refractivity contribution in [3.63, 3.8) is 0 Å². The molecule has 0 bridgehead atoms. The highest BCUT2D eigenvalue weighted by molar-refractivity contribution is 4.96. The number of aliphatic hydroxyl groups excluding tert-OH is 1. The Hall–Kier alpha value is -0.360. The summed E-state index contributed by atoms with van der Waals surface area (Å²) in [4.78, 5) is 7.26. The average Bonchev–Trinajstić information content (AvgIpc) is 2.78. The van der Waals surface area contributed by atoms with Crippen LogP contribution >= 0.6 is 0 Å². The van der Waals surface area contributed by atoms with Crippen molar-refractivity contribution >= 4 is 0 Å². The number of likely N-dealkylation sites (tertiary alicyclic amines) is 3. The normalized spacial score (nSPS) is 36.2. The van der Waals surface area contributed by atoms with Gasteiger partial charge in [0.05, 0.1) is 31.5 Å². The number of aliphatic hydroxyl groups is 1. The lowest BCUT2D eigenvalue weighted by Gasteiger charge is -2.49. The molecule has 9 heteroatoms. The van der Waals surface area contributed by atoms with E-state index < -0.39 is 6.10 Å². The monoisotopic (exact) mass is 526 g/mol. The van der Waals surface area contributed by atoms with Crippen molar-refractivity contribution in [2.75, 3.05) is 52.5 Å². The van der Waals surface area contributed by atoms with Gasteiger partial charge in [0.1, 0.15) is 0 Å². The van der Waals surface area contributed by atoms with Gasteiger partial charge in [0.2, 0.25) is 0 Å². The molecule has 0 amide bonds. The van der Waals surface area contributed by atoms with Crippen molar-refractivity contribution in [1.29, 1.82) is 0 Å². The lowest BCUT2D eigenvalue weighted by molar-refractivity contribution is -0.107. The van der Waals surface area contributed by atoms with Crippen molar-refractivity contribution in [3.8, 4) is 0 Å². The van der Waals surface area contributed by atoms with Crippen molar-refractivity contribution in [2.45, 2.75) is 121 Å². The van der Waals surface area contributed by atoms with E-state index in [-0.39, 0.29) is 47.0 Å². The van der Waals surface area contributed by atoms with Gasteiger partial charge in [-0.15, -0.1) is 0 Å². The maximum absolute atomic E-state index is 9.98. The first-order valence-corrected chi connectivity index (χ1v) is 14.4. The van der Waals surface area contributed by atoms with Gasteiger partial charge in [0.15, 0.2) is 0 Å². The molecule has 3 rings (SSSR count). The van der Waals surface area contributed by atoms with Crippen LogP contribution < -0.4 is 17.2 Å². The minimum atomic E-state index is -0.409. The molecule has 218 valence electrons. The smallest absolute Gasteiger partial charge is 0.0777 e. The molecule has 0 unspecified atom stereocenters. The summed E-state index contributed by atoms with van der Waals surface area (Å²) in [5.74, 6) is 0.390. The van der Waals surface area contributed by atoms with E-state index in [9.17, 15) is 5.11 Å². The van der Waals surface area contributed by atoms with E-state index in [2.05, 4.69) is 70.1 Å². The molecule has 3 aliphatic rings. The Balaban J connectivity index is 1.47. The maximum atomic E-state index is 9.98. The van der Waals surface area contributed by atoms with E-state index in [0.29, 0.717) is 32.1 Å². The minimum absolute atomic E-state index is 0.0150. The predicted octanol–water partition coefficient (Wildman–Crippen LogP) is 0.818. The third kappa shape index (κ3) is 7.86. The fourth-order valence-electron chi connectivity index (χ4n) is 6.17. The number of nitrogens with two attached hydrogens (primary N) is 3. The highest BCUT2D eigenvalue weighted by atomic mass is 16.5. The van der Waals surface area contributed by atoms with Gasteiger partial charge in [-0.3, -0.25) is 14.7 Å². The van der Waals surface area contributed by atoms with E-state index in [0.717, 1.165) is 39.1 Å². The van der Waals surface area contributed by atoms with Crippen LogP contribution in [0.2, 0.25) is 0 Å². The summed E-state index contributed by atoms with van der Waals surface area (Å²) in [6.45, 7) is 24.2. The van der Waals surface area contributed by atoms with Crippen molar-refractivity contribution in [3.05, 3.63) is 0 Å². The molecular weight excluding hydrogens is 468 g/mol. The van der Waals surface area contributed by atoms with Gasteiger partial charge in [-0.05, 0) is 67.2 Å². The Morgan fingerprint density at radius 2 is 1.22 bits per heavy atom. The molecule has 0 aromatic heterocycles. The van der Waals surface area contributed by atoms with Gasteiger partial charge in [-0.1, -0.05) is 6.92 Å². The summed E-state index contributed by atoms with van der Waals surface area (Å²) in [5.41, 5.74) is 19.2. The predicted molar refractivity (Wildman–Crippen MR) is 150 cm³/mol. The fourth-order valence-corrected chi connectivity index (χ4v) is 6.17. The van der Waals surface area contributed by atoms with Crippen LogP contribution in [0.3, 0.4) is 0 Å². The van der Waals surface area contributed by atoms with Crippen LogP contribution in [0.4, 0.5) is 0 Å². The summed E-state index contributed by atoms with van der Waals surface area (Å²) in [7, 11) is 0. The molecule has 0 saturated carbocycles. The standard InChI is InChI=1S/C28H58N6O3/c1-19-13-34(26(2,3)4)16-22(31)25(19)37-18-28(7,8)33-12-10-24(21(30)15-33)36-17-27(5,6)32-11-9-23(35)20(29)14-32/h19-25,35H,9-18,29-31H2,1-8H3/t19-,20-,21-,22+,23+,24-,25+/m0/s1. The van der Waals surface area contributed by atoms with Gasteiger partial charge in [-0.2, -0.15) is 0 Å². The average molecular weight is 527 g/mol. The number of hydrogen-bond donors (Lipinski definition) is 4. The first-order valence-electron chi connectivity index (χ1n) is 14.4. The molecular formula is C28H58N6O3. The number of hydrogen-bond acceptors (Lipinski definition) is 9. The second-order valence-corrected chi connectivity index (χ2v) is 14.3. The first kappa shape index (κ1) is 31.2. The van der Waals surface area contributed by atoms with Crippen LogP contribution in [0.15, 0.2) is 0 Å². The van der Waals surface area contributed by atoms with Crippen LogP contribution in [0.25, 0.3) is 0 Å². The lowest BCUT2D eigenvalue weighted by Crippen LogP contribution is -2.63. The molecule has 7 N–H and O–H groups in total. The van der Waals surface area contributed by atoms with E-state index >= 15 is 0 Å². The second-order valence-electron chi connectivity index (χ2n) is 14.3. The molecule has 3 aliphatic heterocycles. The SMILES string of the molecule is C[C@H]1CN(C(C)(C)C)C[C@@H](N)[C@@H]1OCC(C)(C)N1CC[C@H](OCC(C)(C)N2CC[C@@H](O)[C@@H](N)C2)[C@@H](N)C1.